The summed E-state index contributed by atoms with van der Waals surface area (Å²) in [5.41, 5.74) is 0.561. The average Bonchev–Trinajstić information content (AvgIpc) is 2.74. The fourth-order valence-corrected chi connectivity index (χ4v) is 2.45. The van der Waals surface area contributed by atoms with Crippen molar-refractivity contribution < 1.29 is 9.53 Å². The van der Waals surface area contributed by atoms with Gasteiger partial charge in [0.25, 0.3) is 0 Å². The first-order chi connectivity index (χ1) is 8.27. The molecular formula is C11H8N2O2S2. The first-order valence-corrected chi connectivity index (χ1v) is 6.00. The maximum Gasteiger partial charge on any atom is 0.350 e. The van der Waals surface area contributed by atoms with Crippen LogP contribution in [0.5, 0.6) is 0 Å². The van der Waals surface area contributed by atoms with E-state index >= 15 is 0 Å². The maximum absolute atomic E-state index is 11.6. The molecule has 0 saturated heterocycles. The van der Waals surface area contributed by atoms with Crippen LogP contribution in [0.3, 0.4) is 0 Å². The Morgan fingerprint density at radius 2 is 2.47 bits per heavy atom. The summed E-state index contributed by atoms with van der Waals surface area (Å²) in [6.45, 7) is 0. The maximum atomic E-state index is 11.6. The predicted octanol–water partition coefficient (Wildman–Crippen LogP) is 2.78. The van der Waals surface area contributed by atoms with Crippen LogP contribution in [0.15, 0.2) is 23.3 Å². The number of carbonyl (C=O) groups excluding carboxylic acids is 1. The van der Waals surface area contributed by atoms with E-state index < -0.39 is 5.97 Å². The molecule has 0 fully saturated rings. The number of ether oxygens (including phenoxy) is 1. The highest BCUT2D eigenvalue weighted by Crippen LogP contribution is 2.36. The fourth-order valence-electron chi connectivity index (χ4n) is 1.38. The van der Waals surface area contributed by atoms with Gasteiger partial charge in [0, 0.05) is 23.2 Å². The lowest BCUT2D eigenvalue weighted by molar-refractivity contribution is 0.0607. The van der Waals surface area contributed by atoms with Gasteiger partial charge < -0.3 is 4.74 Å². The van der Waals surface area contributed by atoms with Crippen LogP contribution in [-0.4, -0.2) is 29.6 Å². The summed E-state index contributed by atoms with van der Waals surface area (Å²) in [4.78, 5) is 21.2. The zero-order valence-electron chi connectivity index (χ0n) is 8.91. The number of pyridine rings is 1. The summed E-state index contributed by atoms with van der Waals surface area (Å²) in [5, 5.41) is 2.21. The normalized spacial score (nSPS) is 10.9. The number of aliphatic imine (C=N–C) groups is 1. The summed E-state index contributed by atoms with van der Waals surface area (Å²) >= 11 is 5.94. The molecule has 0 spiro atoms. The number of hydrogen-bond donors (Lipinski definition) is 0. The summed E-state index contributed by atoms with van der Waals surface area (Å²) in [6, 6.07) is 3.66. The lowest BCUT2D eigenvalue weighted by atomic mass is 10.2. The van der Waals surface area contributed by atoms with E-state index in [1.54, 1.807) is 12.3 Å². The smallest absolute Gasteiger partial charge is 0.350 e. The number of nitrogens with zero attached hydrogens (tertiary/aromatic N) is 2. The third-order valence-corrected chi connectivity index (χ3v) is 3.28. The van der Waals surface area contributed by atoms with Crippen molar-refractivity contribution in [3.05, 3.63) is 23.2 Å². The Hall–Kier alpha value is -1.66. The third kappa shape index (κ3) is 2.22. The minimum atomic E-state index is -0.412. The SMILES string of the molecule is COC(=O)c1sc2ncccc2c1N=CC=S. The molecule has 0 atom stereocenters. The van der Waals surface area contributed by atoms with Crippen LogP contribution in [0.25, 0.3) is 10.2 Å². The van der Waals surface area contributed by atoms with Gasteiger partial charge in [0.1, 0.15) is 9.71 Å². The Morgan fingerprint density at radius 3 is 3.18 bits per heavy atom. The molecule has 4 nitrogen and oxygen atoms in total. The Morgan fingerprint density at radius 1 is 1.65 bits per heavy atom. The minimum absolute atomic E-state index is 0.412. The molecule has 17 heavy (non-hydrogen) atoms. The molecule has 0 aromatic carbocycles. The minimum Gasteiger partial charge on any atom is -0.465 e. The quantitative estimate of drug-likeness (QED) is 0.486. The summed E-state index contributed by atoms with van der Waals surface area (Å²) in [7, 11) is 1.34. The molecule has 0 amide bonds. The van der Waals surface area contributed by atoms with E-state index in [1.807, 2.05) is 6.07 Å². The second kappa shape index (κ2) is 5.11. The van der Waals surface area contributed by atoms with E-state index in [-0.39, 0.29) is 0 Å². The van der Waals surface area contributed by atoms with E-state index in [9.17, 15) is 4.79 Å². The van der Waals surface area contributed by atoms with E-state index in [4.69, 9.17) is 4.74 Å². The van der Waals surface area contributed by atoms with Crippen molar-refractivity contribution >= 4 is 57.0 Å². The van der Waals surface area contributed by atoms with Crippen molar-refractivity contribution in [1.29, 1.82) is 0 Å². The molecule has 0 saturated carbocycles. The van der Waals surface area contributed by atoms with E-state index in [0.717, 1.165) is 10.2 Å². The molecule has 0 unspecified atom stereocenters. The highest BCUT2D eigenvalue weighted by atomic mass is 32.1. The Labute approximate surface area is 107 Å². The second-order valence-corrected chi connectivity index (χ2v) is 4.31. The Kier molecular flexibility index (Phi) is 3.55. The van der Waals surface area contributed by atoms with E-state index in [2.05, 4.69) is 22.2 Å². The van der Waals surface area contributed by atoms with Crippen molar-refractivity contribution in [1.82, 2.24) is 4.98 Å². The molecule has 0 radical (unpaired) electrons. The van der Waals surface area contributed by atoms with Crippen LogP contribution < -0.4 is 0 Å². The van der Waals surface area contributed by atoms with Gasteiger partial charge in [-0.3, -0.25) is 4.99 Å². The summed E-state index contributed by atoms with van der Waals surface area (Å²) in [5.74, 6) is -0.412. The lowest BCUT2D eigenvalue weighted by Crippen LogP contribution is -1.97. The van der Waals surface area contributed by atoms with Gasteiger partial charge in [-0.15, -0.1) is 11.3 Å². The number of esters is 1. The predicted molar refractivity (Wildman–Crippen MR) is 72.8 cm³/mol. The molecular weight excluding hydrogens is 256 g/mol. The van der Waals surface area contributed by atoms with Crippen LogP contribution in [0, 0.1) is 0 Å². The largest absolute Gasteiger partial charge is 0.465 e. The third-order valence-electron chi connectivity index (χ3n) is 2.08. The molecule has 0 aliphatic heterocycles. The number of thiophene rings is 1. The number of thiocarbonyl (C=S) groups is 1. The monoisotopic (exact) mass is 264 g/mol. The Balaban J connectivity index is 2.68. The van der Waals surface area contributed by atoms with Crippen LogP contribution >= 0.6 is 23.6 Å². The summed E-state index contributed by atoms with van der Waals surface area (Å²) in [6.07, 6.45) is 3.14. The van der Waals surface area contributed by atoms with Crippen molar-refractivity contribution in [2.24, 2.45) is 4.99 Å². The van der Waals surface area contributed by atoms with Gasteiger partial charge in [-0.05, 0) is 12.1 Å². The number of hydrogen-bond acceptors (Lipinski definition) is 6. The van der Waals surface area contributed by atoms with Crippen molar-refractivity contribution in [3.8, 4) is 0 Å². The van der Waals surface area contributed by atoms with Gasteiger partial charge in [0.05, 0.1) is 12.8 Å². The standard InChI is InChI=1S/C11H8N2O2S2/c1-15-11(14)9-8(12-5-6-16)7-3-2-4-13-10(7)17-9/h2-6H,1H3. The molecule has 6 heteroatoms. The van der Waals surface area contributed by atoms with Gasteiger partial charge in [-0.2, -0.15) is 0 Å². The van der Waals surface area contributed by atoms with E-state index in [1.165, 1.54) is 30.0 Å². The van der Waals surface area contributed by atoms with Crippen molar-refractivity contribution in [2.45, 2.75) is 0 Å². The number of aromatic nitrogens is 1. The van der Waals surface area contributed by atoms with E-state index in [0.29, 0.717) is 10.6 Å². The lowest BCUT2D eigenvalue weighted by Gasteiger charge is -1.96. The van der Waals surface area contributed by atoms with Crippen LogP contribution in [-0.2, 0) is 4.74 Å². The molecule has 2 aromatic rings. The molecule has 0 N–H and O–H groups in total. The molecule has 0 aliphatic carbocycles. The first-order valence-electron chi connectivity index (χ1n) is 4.71. The zero-order valence-corrected chi connectivity index (χ0v) is 10.5. The van der Waals surface area contributed by atoms with Gasteiger partial charge in [-0.25, -0.2) is 9.78 Å². The van der Waals surface area contributed by atoms with Gasteiger partial charge in [0.2, 0.25) is 0 Å². The van der Waals surface area contributed by atoms with Gasteiger partial charge >= 0.3 is 5.97 Å². The summed E-state index contributed by atoms with van der Waals surface area (Å²) < 4.78 is 4.72. The molecule has 0 bridgehead atoms. The van der Waals surface area contributed by atoms with Crippen LogP contribution in [0.1, 0.15) is 9.67 Å². The topological polar surface area (TPSA) is 51.5 Å². The number of methoxy groups -OCH3 is 1. The number of rotatable bonds is 3. The average molecular weight is 264 g/mol. The van der Waals surface area contributed by atoms with Crippen molar-refractivity contribution in [2.75, 3.05) is 7.11 Å². The molecule has 2 aromatic heterocycles. The first kappa shape index (κ1) is 11.8. The Bertz CT molecular complexity index is 605. The number of fused-ring (bicyclic) bond motifs is 1. The van der Waals surface area contributed by atoms with Crippen molar-refractivity contribution in [3.63, 3.8) is 0 Å². The van der Waals surface area contributed by atoms with Gasteiger partial charge in [-0.1, -0.05) is 12.2 Å². The molecule has 2 rings (SSSR count). The van der Waals surface area contributed by atoms with Crippen LogP contribution in [0.2, 0.25) is 0 Å². The van der Waals surface area contributed by atoms with Crippen LogP contribution in [0.4, 0.5) is 5.69 Å². The fraction of sp³-hybridized carbons (Fsp3) is 0.0909. The molecule has 86 valence electrons. The zero-order chi connectivity index (χ0) is 12.3. The van der Waals surface area contributed by atoms with Gasteiger partial charge in [0.15, 0.2) is 0 Å². The number of carbonyl (C=O) groups is 1. The highest BCUT2D eigenvalue weighted by Gasteiger charge is 2.18. The highest BCUT2D eigenvalue weighted by molar-refractivity contribution is 7.80. The molecule has 2 heterocycles. The second-order valence-electron chi connectivity index (χ2n) is 3.04. The molecule has 0 aliphatic rings.